The standard InChI is InChI=1S/C23H26N4O3S/c1-2-29-19-10-12-20(13-11-19)30-15-14-24-21(28)16-31-23-25-22(17-8-9-17)27(26-23)18-6-4-3-5-7-18/h3-7,10-13,17H,2,8-9,14-16H2,1H3,(H,24,28). The number of ether oxygens (including phenoxy) is 2. The smallest absolute Gasteiger partial charge is 0.230 e. The van der Waals surface area contributed by atoms with Gasteiger partial charge in [0.2, 0.25) is 11.1 Å². The molecule has 1 fully saturated rings. The van der Waals surface area contributed by atoms with Crippen LogP contribution in [-0.2, 0) is 4.79 Å². The van der Waals surface area contributed by atoms with Crippen LogP contribution in [-0.4, -0.2) is 46.2 Å². The van der Waals surface area contributed by atoms with Crippen LogP contribution in [0.4, 0.5) is 0 Å². The summed E-state index contributed by atoms with van der Waals surface area (Å²) >= 11 is 1.35. The summed E-state index contributed by atoms with van der Waals surface area (Å²) in [6, 6.07) is 17.4. The zero-order chi connectivity index (χ0) is 21.5. The summed E-state index contributed by atoms with van der Waals surface area (Å²) < 4.78 is 13.0. The third kappa shape index (κ3) is 6.01. The van der Waals surface area contributed by atoms with E-state index in [-0.39, 0.29) is 11.7 Å². The number of para-hydroxylation sites is 1. The number of nitrogens with one attached hydrogen (secondary N) is 1. The number of hydrogen-bond acceptors (Lipinski definition) is 6. The monoisotopic (exact) mass is 438 g/mol. The van der Waals surface area contributed by atoms with Gasteiger partial charge in [-0.3, -0.25) is 4.79 Å². The van der Waals surface area contributed by atoms with Crippen LogP contribution in [0.2, 0.25) is 0 Å². The normalized spacial score (nSPS) is 13.1. The highest BCUT2D eigenvalue weighted by molar-refractivity contribution is 7.99. The first-order valence-corrected chi connectivity index (χ1v) is 11.5. The van der Waals surface area contributed by atoms with Crippen molar-refractivity contribution < 1.29 is 14.3 Å². The molecule has 3 aromatic rings. The SMILES string of the molecule is CCOc1ccc(OCCNC(=O)CSc2nc(C3CC3)n(-c3ccccc3)n2)cc1. The van der Waals surface area contributed by atoms with E-state index in [2.05, 4.69) is 15.4 Å². The molecule has 2 aromatic carbocycles. The number of hydrogen-bond donors (Lipinski definition) is 1. The molecule has 1 N–H and O–H groups in total. The lowest BCUT2D eigenvalue weighted by molar-refractivity contribution is -0.118. The first kappa shape index (κ1) is 21.2. The van der Waals surface area contributed by atoms with Gasteiger partial charge in [0.25, 0.3) is 0 Å². The summed E-state index contributed by atoms with van der Waals surface area (Å²) in [7, 11) is 0. The Hall–Kier alpha value is -3.00. The van der Waals surface area contributed by atoms with Crippen molar-refractivity contribution in [3.8, 4) is 17.2 Å². The largest absolute Gasteiger partial charge is 0.494 e. The average Bonchev–Trinajstić information content (AvgIpc) is 3.56. The molecular weight excluding hydrogens is 412 g/mol. The molecule has 0 aliphatic heterocycles. The molecule has 8 heteroatoms. The quantitative estimate of drug-likeness (QED) is 0.362. The van der Waals surface area contributed by atoms with Gasteiger partial charge in [-0.05, 0) is 56.2 Å². The highest BCUT2D eigenvalue weighted by Crippen LogP contribution is 2.40. The lowest BCUT2D eigenvalue weighted by Gasteiger charge is -2.08. The zero-order valence-electron chi connectivity index (χ0n) is 17.5. The number of carbonyl (C=O) groups is 1. The molecule has 1 aromatic heterocycles. The van der Waals surface area contributed by atoms with E-state index in [1.165, 1.54) is 11.8 Å². The second kappa shape index (κ2) is 10.3. The zero-order valence-corrected chi connectivity index (χ0v) is 18.3. The van der Waals surface area contributed by atoms with Crippen LogP contribution in [0.3, 0.4) is 0 Å². The van der Waals surface area contributed by atoms with Crippen LogP contribution in [0.5, 0.6) is 11.5 Å². The minimum Gasteiger partial charge on any atom is -0.494 e. The van der Waals surface area contributed by atoms with Crippen molar-refractivity contribution in [2.45, 2.75) is 30.8 Å². The molecule has 0 atom stereocenters. The van der Waals surface area contributed by atoms with Gasteiger partial charge in [0.15, 0.2) is 0 Å². The Bertz CT molecular complexity index is 988. The fraction of sp³-hybridized carbons (Fsp3) is 0.348. The van der Waals surface area contributed by atoms with E-state index in [4.69, 9.17) is 9.47 Å². The maximum Gasteiger partial charge on any atom is 0.230 e. The second-order valence-corrected chi connectivity index (χ2v) is 8.11. The molecular formula is C23H26N4O3S. The Morgan fingerprint density at radius 3 is 2.48 bits per heavy atom. The fourth-order valence-corrected chi connectivity index (χ4v) is 3.73. The van der Waals surface area contributed by atoms with Crippen LogP contribution < -0.4 is 14.8 Å². The highest BCUT2D eigenvalue weighted by Gasteiger charge is 2.30. The minimum absolute atomic E-state index is 0.0654. The Morgan fingerprint density at radius 2 is 1.81 bits per heavy atom. The molecule has 4 rings (SSSR count). The number of thioether (sulfide) groups is 1. The van der Waals surface area contributed by atoms with Gasteiger partial charge in [0, 0.05) is 5.92 Å². The molecule has 0 radical (unpaired) electrons. The highest BCUT2D eigenvalue weighted by atomic mass is 32.2. The summed E-state index contributed by atoms with van der Waals surface area (Å²) in [6.07, 6.45) is 2.29. The van der Waals surface area contributed by atoms with Crippen molar-refractivity contribution in [3.05, 3.63) is 60.4 Å². The number of amides is 1. The van der Waals surface area contributed by atoms with Gasteiger partial charge in [0.05, 0.1) is 24.6 Å². The van der Waals surface area contributed by atoms with E-state index in [1.54, 1.807) is 0 Å². The van der Waals surface area contributed by atoms with Crippen LogP contribution >= 0.6 is 11.8 Å². The van der Waals surface area contributed by atoms with Gasteiger partial charge in [0.1, 0.15) is 23.9 Å². The number of rotatable bonds is 11. The number of benzene rings is 2. The van der Waals surface area contributed by atoms with Crippen LogP contribution in [0.1, 0.15) is 31.5 Å². The number of nitrogens with zero attached hydrogens (tertiary/aromatic N) is 3. The van der Waals surface area contributed by atoms with Gasteiger partial charge in [-0.15, -0.1) is 5.10 Å². The number of carbonyl (C=O) groups excluding carboxylic acids is 1. The summed E-state index contributed by atoms with van der Waals surface area (Å²) in [5.41, 5.74) is 1.000. The first-order valence-electron chi connectivity index (χ1n) is 10.5. The lowest BCUT2D eigenvalue weighted by atomic mass is 10.3. The second-order valence-electron chi connectivity index (χ2n) is 7.17. The van der Waals surface area contributed by atoms with E-state index in [0.717, 1.165) is 35.9 Å². The molecule has 1 aliphatic carbocycles. The van der Waals surface area contributed by atoms with Crippen molar-refractivity contribution >= 4 is 17.7 Å². The van der Waals surface area contributed by atoms with Crippen molar-refractivity contribution in [1.82, 2.24) is 20.1 Å². The maximum absolute atomic E-state index is 12.2. The van der Waals surface area contributed by atoms with Crippen molar-refractivity contribution in [3.63, 3.8) is 0 Å². The minimum atomic E-state index is -0.0654. The maximum atomic E-state index is 12.2. The summed E-state index contributed by atoms with van der Waals surface area (Å²) in [5.74, 6) is 3.22. The Labute approximate surface area is 186 Å². The average molecular weight is 439 g/mol. The Kier molecular flexibility index (Phi) is 7.09. The van der Waals surface area contributed by atoms with Crippen LogP contribution in [0, 0.1) is 0 Å². The molecule has 1 heterocycles. The summed E-state index contributed by atoms with van der Waals surface area (Å²) in [4.78, 5) is 16.9. The summed E-state index contributed by atoms with van der Waals surface area (Å²) in [6.45, 7) is 3.42. The third-order valence-corrected chi connectivity index (χ3v) is 5.55. The van der Waals surface area contributed by atoms with Crippen molar-refractivity contribution in [1.29, 1.82) is 0 Å². The topological polar surface area (TPSA) is 78.3 Å². The molecule has 0 unspecified atom stereocenters. The molecule has 162 valence electrons. The van der Waals surface area contributed by atoms with Gasteiger partial charge in [-0.2, -0.15) is 0 Å². The predicted molar refractivity (Wildman–Crippen MR) is 120 cm³/mol. The molecule has 0 bridgehead atoms. The Morgan fingerprint density at radius 1 is 1.10 bits per heavy atom. The molecule has 1 saturated carbocycles. The van der Waals surface area contributed by atoms with Crippen molar-refractivity contribution in [2.24, 2.45) is 0 Å². The van der Waals surface area contributed by atoms with E-state index >= 15 is 0 Å². The molecule has 1 aliphatic rings. The van der Waals surface area contributed by atoms with Crippen LogP contribution in [0.15, 0.2) is 59.8 Å². The molecule has 0 saturated heterocycles. The molecule has 1 amide bonds. The van der Waals surface area contributed by atoms with Gasteiger partial charge >= 0.3 is 0 Å². The van der Waals surface area contributed by atoms with E-state index < -0.39 is 0 Å². The Balaban J connectivity index is 1.22. The van der Waals surface area contributed by atoms with E-state index in [1.807, 2.05) is 66.2 Å². The van der Waals surface area contributed by atoms with E-state index in [0.29, 0.717) is 30.8 Å². The lowest BCUT2D eigenvalue weighted by Crippen LogP contribution is -2.29. The summed E-state index contributed by atoms with van der Waals surface area (Å²) in [5, 5.41) is 8.13. The third-order valence-electron chi connectivity index (χ3n) is 4.72. The molecule has 31 heavy (non-hydrogen) atoms. The van der Waals surface area contributed by atoms with E-state index in [9.17, 15) is 4.79 Å². The van der Waals surface area contributed by atoms with Gasteiger partial charge in [-0.25, -0.2) is 9.67 Å². The molecule has 7 nitrogen and oxygen atoms in total. The van der Waals surface area contributed by atoms with Crippen LogP contribution in [0.25, 0.3) is 5.69 Å². The fourth-order valence-electron chi connectivity index (χ4n) is 3.07. The molecule has 0 spiro atoms. The predicted octanol–water partition coefficient (Wildman–Crippen LogP) is 3.83. The van der Waals surface area contributed by atoms with Gasteiger partial charge < -0.3 is 14.8 Å². The number of aromatic nitrogens is 3. The van der Waals surface area contributed by atoms with Gasteiger partial charge in [-0.1, -0.05) is 30.0 Å². The van der Waals surface area contributed by atoms with Crippen molar-refractivity contribution in [2.75, 3.05) is 25.5 Å². The first-order chi connectivity index (χ1) is 15.2.